The molecule has 0 unspecified atom stereocenters. The lowest BCUT2D eigenvalue weighted by atomic mass is 10.1. The second kappa shape index (κ2) is 8.96. The van der Waals surface area contributed by atoms with Gasteiger partial charge in [-0.3, -0.25) is 10.1 Å². The van der Waals surface area contributed by atoms with Crippen LogP contribution in [0.2, 0.25) is 0 Å². The van der Waals surface area contributed by atoms with Gasteiger partial charge < -0.3 is 10.1 Å². The van der Waals surface area contributed by atoms with E-state index in [2.05, 4.69) is 21.9 Å². The van der Waals surface area contributed by atoms with Gasteiger partial charge in [-0.2, -0.15) is 4.98 Å². The van der Waals surface area contributed by atoms with Crippen molar-refractivity contribution in [2.45, 2.75) is 40.0 Å². The molecule has 0 fully saturated rings. The summed E-state index contributed by atoms with van der Waals surface area (Å²) < 4.78 is 5.52. The lowest BCUT2D eigenvalue weighted by Crippen LogP contribution is -2.12. The van der Waals surface area contributed by atoms with Crippen LogP contribution in [-0.2, 0) is 6.42 Å². The number of hydrogen-bond donors (Lipinski definition) is 1. The molecule has 0 amide bonds. The van der Waals surface area contributed by atoms with Crippen LogP contribution in [0, 0.1) is 16.0 Å². The van der Waals surface area contributed by atoms with E-state index in [1.807, 2.05) is 20.8 Å². The molecule has 122 valence electrons. The molecule has 7 nitrogen and oxygen atoms in total. The Morgan fingerprint density at radius 3 is 2.73 bits per heavy atom. The van der Waals surface area contributed by atoms with Crippen molar-refractivity contribution < 1.29 is 9.66 Å². The smallest absolute Gasteiger partial charge is 0.372 e. The van der Waals surface area contributed by atoms with Crippen molar-refractivity contribution in [3.8, 4) is 5.88 Å². The Morgan fingerprint density at radius 2 is 2.18 bits per heavy atom. The number of ether oxygens (including phenoxy) is 1. The maximum Gasteiger partial charge on any atom is 0.372 e. The molecule has 1 N–H and O–H groups in total. The average Bonchev–Trinajstić information content (AvgIpc) is 2.44. The minimum Gasteiger partial charge on any atom is -0.473 e. The molecule has 0 atom stereocenters. The van der Waals surface area contributed by atoms with E-state index in [-0.39, 0.29) is 17.4 Å². The van der Waals surface area contributed by atoms with E-state index in [4.69, 9.17) is 4.74 Å². The second-order valence-electron chi connectivity index (χ2n) is 5.37. The third-order valence-corrected chi connectivity index (χ3v) is 2.82. The van der Waals surface area contributed by atoms with Gasteiger partial charge in [-0.1, -0.05) is 33.3 Å². The molecule has 0 radical (unpaired) electrons. The molecule has 0 saturated heterocycles. The lowest BCUT2D eigenvalue weighted by Gasteiger charge is -2.12. The summed E-state index contributed by atoms with van der Waals surface area (Å²) in [4.78, 5) is 19.3. The molecule has 0 spiro atoms. The highest BCUT2D eigenvalue weighted by Gasteiger charge is 2.26. The van der Waals surface area contributed by atoms with Gasteiger partial charge in [-0.15, -0.1) is 6.58 Å². The molecule has 1 aromatic heterocycles. The van der Waals surface area contributed by atoms with Gasteiger partial charge in [0.2, 0.25) is 5.82 Å². The van der Waals surface area contributed by atoms with Gasteiger partial charge in [-0.05, 0) is 12.3 Å². The zero-order valence-corrected chi connectivity index (χ0v) is 13.5. The normalized spacial score (nSPS) is 10.5. The van der Waals surface area contributed by atoms with Crippen molar-refractivity contribution in [2.75, 3.05) is 18.5 Å². The first-order valence-electron chi connectivity index (χ1n) is 7.52. The van der Waals surface area contributed by atoms with Crippen molar-refractivity contribution >= 4 is 11.5 Å². The summed E-state index contributed by atoms with van der Waals surface area (Å²) in [6, 6.07) is 0. The van der Waals surface area contributed by atoms with Gasteiger partial charge in [0, 0.05) is 13.0 Å². The number of aromatic nitrogens is 2. The van der Waals surface area contributed by atoms with E-state index in [0.717, 1.165) is 12.8 Å². The number of nitrogens with zero attached hydrogens (tertiary/aromatic N) is 3. The fourth-order valence-electron chi connectivity index (χ4n) is 1.81. The minimum atomic E-state index is -0.508. The Hall–Kier alpha value is -2.18. The first kappa shape index (κ1) is 17.9. The lowest BCUT2D eigenvalue weighted by molar-refractivity contribution is -0.385. The summed E-state index contributed by atoms with van der Waals surface area (Å²) in [6.45, 7) is 10.5. The summed E-state index contributed by atoms with van der Waals surface area (Å²) in [5.41, 5.74) is -0.217. The van der Waals surface area contributed by atoms with Crippen molar-refractivity contribution in [3.63, 3.8) is 0 Å². The maximum absolute atomic E-state index is 11.4. The molecule has 1 rings (SSSR count). The molecule has 0 saturated carbocycles. The van der Waals surface area contributed by atoms with Crippen LogP contribution < -0.4 is 10.1 Å². The highest BCUT2D eigenvalue weighted by atomic mass is 16.6. The molecule has 22 heavy (non-hydrogen) atoms. The second-order valence-corrected chi connectivity index (χ2v) is 5.37. The van der Waals surface area contributed by atoms with Gasteiger partial charge >= 0.3 is 5.69 Å². The molecule has 1 aromatic rings. The van der Waals surface area contributed by atoms with E-state index in [1.165, 1.54) is 0 Å². The van der Waals surface area contributed by atoms with Crippen LogP contribution in [0.4, 0.5) is 11.5 Å². The third-order valence-electron chi connectivity index (χ3n) is 2.82. The molecule has 0 aliphatic carbocycles. The van der Waals surface area contributed by atoms with Crippen molar-refractivity contribution in [2.24, 2.45) is 5.92 Å². The van der Waals surface area contributed by atoms with Crippen LogP contribution >= 0.6 is 0 Å². The first-order valence-corrected chi connectivity index (χ1v) is 7.52. The maximum atomic E-state index is 11.4. The quantitative estimate of drug-likeness (QED) is 0.308. The molecule has 1 heterocycles. The van der Waals surface area contributed by atoms with Crippen LogP contribution in [0.1, 0.15) is 39.4 Å². The standard InChI is InChI=1S/C15H24N4O3/c1-5-7-9-22-15-13(19(20)21)14(16-8-6-2)17-12(18-15)10-11(3)4/h6,11H,2,5,7-10H2,1,3-4H3,(H,16,17,18). The Morgan fingerprint density at radius 1 is 1.45 bits per heavy atom. The Balaban J connectivity index is 3.20. The van der Waals surface area contributed by atoms with Gasteiger partial charge in [0.15, 0.2) is 0 Å². The fraction of sp³-hybridized carbons (Fsp3) is 0.600. The molecule has 0 aromatic carbocycles. The van der Waals surface area contributed by atoms with Crippen molar-refractivity contribution in [1.29, 1.82) is 0 Å². The highest BCUT2D eigenvalue weighted by molar-refractivity contribution is 5.62. The highest BCUT2D eigenvalue weighted by Crippen LogP contribution is 2.32. The number of nitro groups is 1. The number of unbranched alkanes of at least 4 members (excludes halogenated alkanes) is 1. The van der Waals surface area contributed by atoms with E-state index in [1.54, 1.807) is 6.08 Å². The number of anilines is 1. The average molecular weight is 308 g/mol. The van der Waals surface area contributed by atoms with Crippen molar-refractivity contribution in [3.05, 3.63) is 28.6 Å². The predicted molar refractivity (Wildman–Crippen MR) is 86.3 cm³/mol. The van der Waals surface area contributed by atoms with Crippen LogP contribution in [0.15, 0.2) is 12.7 Å². The van der Waals surface area contributed by atoms with E-state index < -0.39 is 4.92 Å². The number of rotatable bonds is 10. The number of nitrogens with one attached hydrogen (secondary N) is 1. The SMILES string of the molecule is C=CCNc1nc(CC(C)C)nc(OCCCC)c1[N+](=O)[O-]. The molecule has 7 heteroatoms. The fourth-order valence-corrected chi connectivity index (χ4v) is 1.81. The molecule has 0 aliphatic rings. The van der Waals surface area contributed by atoms with E-state index in [0.29, 0.717) is 31.3 Å². The van der Waals surface area contributed by atoms with Gasteiger partial charge in [-0.25, -0.2) is 4.98 Å². The summed E-state index contributed by atoms with van der Waals surface area (Å²) in [5, 5.41) is 14.2. The van der Waals surface area contributed by atoms with Gasteiger partial charge in [0.05, 0.1) is 11.5 Å². The van der Waals surface area contributed by atoms with Crippen molar-refractivity contribution in [1.82, 2.24) is 9.97 Å². The van der Waals surface area contributed by atoms with Gasteiger partial charge in [0.25, 0.3) is 5.88 Å². The summed E-state index contributed by atoms with van der Waals surface area (Å²) in [7, 11) is 0. The number of hydrogen-bond acceptors (Lipinski definition) is 6. The van der Waals surface area contributed by atoms with Crippen LogP contribution in [0.3, 0.4) is 0 Å². The minimum absolute atomic E-state index is 0.0377. The van der Waals surface area contributed by atoms with E-state index in [9.17, 15) is 10.1 Å². The monoisotopic (exact) mass is 308 g/mol. The Kier molecular flexibility index (Phi) is 7.28. The van der Waals surface area contributed by atoms with Crippen LogP contribution in [-0.4, -0.2) is 28.0 Å². The predicted octanol–water partition coefficient (Wildman–Crippen LogP) is 3.36. The third kappa shape index (κ3) is 5.31. The first-order chi connectivity index (χ1) is 10.5. The zero-order chi connectivity index (χ0) is 16.5. The Bertz CT molecular complexity index is 518. The van der Waals surface area contributed by atoms with Crippen LogP contribution in [0.25, 0.3) is 0 Å². The summed E-state index contributed by atoms with van der Waals surface area (Å²) >= 11 is 0. The largest absolute Gasteiger partial charge is 0.473 e. The molecule has 0 bridgehead atoms. The molecule has 0 aliphatic heterocycles. The van der Waals surface area contributed by atoms with Crippen LogP contribution in [0.5, 0.6) is 5.88 Å². The molecular formula is C15H24N4O3. The summed E-state index contributed by atoms with van der Waals surface area (Å²) in [5.74, 6) is 1.11. The van der Waals surface area contributed by atoms with Gasteiger partial charge in [0.1, 0.15) is 5.82 Å². The zero-order valence-electron chi connectivity index (χ0n) is 13.5. The topological polar surface area (TPSA) is 90.2 Å². The Labute approximate surface area is 131 Å². The van der Waals surface area contributed by atoms with E-state index >= 15 is 0 Å². The summed E-state index contributed by atoms with van der Waals surface area (Å²) in [6.07, 6.45) is 4.01. The molecular weight excluding hydrogens is 284 g/mol.